The molecule has 2 rings (SSSR count). The number of aliphatic hydroxyl groups is 1. The topological polar surface area (TPSA) is 38.0 Å². The molecule has 0 saturated heterocycles. The van der Waals surface area contributed by atoms with E-state index in [1.807, 2.05) is 17.7 Å². The zero-order valence-corrected chi connectivity index (χ0v) is 9.85. The first-order chi connectivity index (χ1) is 7.69. The molecule has 0 aromatic carbocycles. The van der Waals surface area contributed by atoms with Crippen LogP contribution in [-0.4, -0.2) is 14.9 Å². The van der Waals surface area contributed by atoms with Gasteiger partial charge < -0.3 is 5.11 Å². The first kappa shape index (κ1) is 11.1. The fourth-order valence-electron chi connectivity index (χ4n) is 1.99. The standard InChI is InChI=1S/C13H18N2O/c1-4-11(5-2)15-13(10-6-7-10)12(8-14-15)9(3)16/h4-5,8-10,16H,1,6-7H2,2-3H3/b11-5+. The highest BCUT2D eigenvalue weighted by Crippen LogP contribution is 2.43. The van der Waals surface area contributed by atoms with Gasteiger partial charge in [0.15, 0.2) is 0 Å². The molecule has 0 radical (unpaired) electrons. The molecule has 1 aromatic rings. The van der Waals surface area contributed by atoms with Crippen LogP contribution in [0.25, 0.3) is 5.70 Å². The molecule has 1 aliphatic rings. The van der Waals surface area contributed by atoms with Gasteiger partial charge >= 0.3 is 0 Å². The predicted molar refractivity (Wildman–Crippen MR) is 65.0 cm³/mol. The van der Waals surface area contributed by atoms with Crippen molar-refractivity contribution in [3.05, 3.63) is 36.2 Å². The lowest BCUT2D eigenvalue weighted by atomic mass is 10.1. The van der Waals surface area contributed by atoms with E-state index in [2.05, 4.69) is 11.7 Å². The normalized spacial score (nSPS) is 18.6. The maximum Gasteiger partial charge on any atom is 0.0795 e. The Balaban J connectivity index is 2.49. The first-order valence-electron chi connectivity index (χ1n) is 5.74. The van der Waals surface area contributed by atoms with Crippen molar-refractivity contribution >= 4 is 5.70 Å². The number of hydrogen-bond donors (Lipinski definition) is 1. The van der Waals surface area contributed by atoms with Crippen molar-refractivity contribution in [3.8, 4) is 0 Å². The minimum Gasteiger partial charge on any atom is -0.389 e. The smallest absolute Gasteiger partial charge is 0.0795 e. The van der Waals surface area contributed by atoms with Crippen molar-refractivity contribution in [3.63, 3.8) is 0 Å². The van der Waals surface area contributed by atoms with Crippen LogP contribution in [0, 0.1) is 0 Å². The Hall–Kier alpha value is -1.35. The van der Waals surface area contributed by atoms with Crippen LogP contribution in [0.3, 0.4) is 0 Å². The lowest BCUT2D eigenvalue weighted by Gasteiger charge is -2.10. The van der Waals surface area contributed by atoms with E-state index in [-0.39, 0.29) is 0 Å². The van der Waals surface area contributed by atoms with Crippen LogP contribution in [0.1, 0.15) is 50.0 Å². The molecular weight excluding hydrogens is 200 g/mol. The Kier molecular flexibility index (Phi) is 2.97. The second-order valence-corrected chi connectivity index (χ2v) is 4.26. The molecule has 1 heterocycles. The first-order valence-corrected chi connectivity index (χ1v) is 5.74. The molecule has 0 aliphatic heterocycles. The molecule has 1 fully saturated rings. The van der Waals surface area contributed by atoms with Crippen molar-refractivity contribution in [1.82, 2.24) is 9.78 Å². The maximum absolute atomic E-state index is 9.72. The van der Waals surface area contributed by atoms with Crippen LogP contribution in [0.4, 0.5) is 0 Å². The summed E-state index contributed by atoms with van der Waals surface area (Å²) in [6.45, 7) is 7.55. The number of allylic oxidation sites excluding steroid dienone is 3. The van der Waals surface area contributed by atoms with Gasteiger partial charge in [-0.15, -0.1) is 0 Å². The largest absolute Gasteiger partial charge is 0.389 e. The summed E-state index contributed by atoms with van der Waals surface area (Å²) in [6, 6.07) is 0. The van der Waals surface area contributed by atoms with Crippen LogP contribution in [-0.2, 0) is 0 Å². The van der Waals surface area contributed by atoms with E-state index in [9.17, 15) is 5.11 Å². The van der Waals surface area contributed by atoms with Crippen LogP contribution in [0.5, 0.6) is 0 Å². The highest BCUT2D eigenvalue weighted by Gasteiger charge is 2.31. The van der Waals surface area contributed by atoms with E-state index < -0.39 is 6.10 Å². The minimum absolute atomic E-state index is 0.452. The van der Waals surface area contributed by atoms with Gasteiger partial charge in [0.25, 0.3) is 0 Å². The van der Waals surface area contributed by atoms with E-state index in [4.69, 9.17) is 0 Å². The maximum atomic E-state index is 9.72. The summed E-state index contributed by atoms with van der Waals surface area (Å²) in [5, 5.41) is 14.1. The summed E-state index contributed by atoms with van der Waals surface area (Å²) >= 11 is 0. The number of aliphatic hydroxyl groups excluding tert-OH is 1. The Bertz CT molecular complexity index is 425. The van der Waals surface area contributed by atoms with Crippen molar-refractivity contribution in [2.75, 3.05) is 0 Å². The minimum atomic E-state index is -0.452. The number of hydrogen-bond acceptors (Lipinski definition) is 2. The van der Waals surface area contributed by atoms with Gasteiger partial charge in [0.05, 0.1) is 23.7 Å². The quantitative estimate of drug-likeness (QED) is 0.789. The summed E-state index contributed by atoms with van der Waals surface area (Å²) < 4.78 is 1.91. The molecule has 1 aliphatic carbocycles. The SMILES string of the molecule is C=C/C(=C\C)n1ncc(C(C)O)c1C1CC1. The molecule has 1 atom stereocenters. The lowest BCUT2D eigenvalue weighted by molar-refractivity contribution is 0.198. The Labute approximate surface area is 96.1 Å². The van der Waals surface area contributed by atoms with Gasteiger partial charge in [-0.1, -0.05) is 12.7 Å². The van der Waals surface area contributed by atoms with Gasteiger partial charge in [0.2, 0.25) is 0 Å². The fourth-order valence-corrected chi connectivity index (χ4v) is 1.99. The molecule has 1 unspecified atom stereocenters. The van der Waals surface area contributed by atoms with E-state index >= 15 is 0 Å². The summed E-state index contributed by atoms with van der Waals surface area (Å²) in [7, 11) is 0. The van der Waals surface area contributed by atoms with Crippen molar-refractivity contribution in [2.45, 2.75) is 38.7 Å². The average molecular weight is 218 g/mol. The summed E-state index contributed by atoms with van der Waals surface area (Å²) in [5.41, 5.74) is 3.08. The zero-order valence-electron chi connectivity index (χ0n) is 9.85. The Morgan fingerprint density at radius 2 is 2.38 bits per heavy atom. The summed E-state index contributed by atoms with van der Waals surface area (Å²) in [6.07, 6.45) is 7.49. The van der Waals surface area contributed by atoms with E-state index in [1.54, 1.807) is 19.2 Å². The number of rotatable bonds is 4. The molecule has 16 heavy (non-hydrogen) atoms. The van der Waals surface area contributed by atoms with E-state index in [0.717, 1.165) is 17.0 Å². The van der Waals surface area contributed by atoms with Crippen LogP contribution >= 0.6 is 0 Å². The van der Waals surface area contributed by atoms with Gasteiger partial charge in [-0.2, -0.15) is 5.10 Å². The third-order valence-electron chi connectivity index (χ3n) is 3.00. The van der Waals surface area contributed by atoms with Gasteiger partial charge in [-0.3, -0.25) is 0 Å². The molecule has 0 bridgehead atoms. The molecule has 1 N–H and O–H groups in total. The second kappa shape index (κ2) is 4.26. The molecular formula is C13H18N2O. The van der Waals surface area contributed by atoms with Crippen LogP contribution in [0.2, 0.25) is 0 Å². The van der Waals surface area contributed by atoms with Gasteiger partial charge in [0, 0.05) is 11.5 Å². The van der Waals surface area contributed by atoms with Crippen molar-refractivity contribution in [1.29, 1.82) is 0 Å². The van der Waals surface area contributed by atoms with Crippen LogP contribution < -0.4 is 0 Å². The highest BCUT2D eigenvalue weighted by molar-refractivity contribution is 5.57. The van der Waals surface area contributed by atoms with Gasteiger partial charge in [0.1, 0.15) is 0 Å². The van der Waals surface area contributed by atoms with E-state index in [0.29, 0.717) is 5.92 Å². The molecule has 86 valence electrons. The van der Waals surface area contributed by atoms with Gasteiger partial charge in [-0.25, -0.2) is 4.68 Å². The second-order valence-electron chi connectivity index (χ2n) is 4.26. The molecule has 3 heteroatoms. The highest BCUT2D eigenvalue weighted by atomic mass is 16.3. The molecule has 3 nitrogen and oxygen atoms in total. The van der Waals surface area contributed by atoms with Gasteiger partial charge in [-0.05, 0) is 32.8 Å². The monoisotopic (exact) mass is 218 g/mol. The molecule has 0 amide bonds. The van der Waals surface area contributed by atoms with E-state index in [1.165, 1.54) is 12.8 Å². The summed E-state index contributed by atoms with van der Waals surface area (Å²) in [4.78, 5) is 0. The van der Waals surface area contributed by atoms with Crippen molar-refractivity contribution < 1.29 is 5.11 Å². The number of aromatic nitrogens is 2. The Morgan fingerprint density at radius 1 is 1.69 bits per heavy atom. The lowest BCUT2D eigenvalue weighted by Crippen LogP contribution is -2.04. The van der Waals surface area contributed by atoms with Crippen molar-refractivity contribution in [2.24, 2.45) is 0 Å². The molecule has 0 spiro atoms. The average Bonchev–Trinajstić information content (AvgIpc) is 3.01. The number of nitrogens with zero attached hydrogens (tertiary/aromatic N) is 2. The summed E-state index contributed by atoms with van der Waals surface area (Å²) in [5.74, 6) is 0.557. The molecule has 1 aromatic heterocycles. The zero-order chi connectivity index (χ0) is 11.7. The molecule has 1 saturated carbocycles. The van der Waals surface area contributed by atoms with Crippen LogP contribution in [0.15, 0.2) is 24.9 Å². The third-order valence-corrected chi connectivity index (χ3v) is 3.00. The predicted octanol–water partition coefficient (Wildman–Crippen LogP) is 2.86. The third kappa shape index (κ3) is 1.83. The fraction of sp³-hybridized carbons (Fsp3) is 0.462. The Morgan fingerprint density at radius 3 is 2.81 bits per heavy atom.